The van der Waals surface area contributed by atoms with Gasteiger partial charge in [-0.3, -0.25) is 19.1 Å². The summed E-state index contributed by atoms with van der Waals surface area (Å²) in [7, 11) is -4.01. The molecule has 0 spiro atoms. The van der Waals surface area contributed by atoms with Crippen molar-refractivity contribution >= 4 is 55.9 Å². The smallest absolute Gasteiger partial charge is 0.408 e. The third kappa shape index (κ3) is 8.71. The highest BCUT2D eigenvalue weighted by Gasteiger charge is 2.63. The van der Waals surface area contributed by atoms with E-state index in [1.807, 2.05) is 54.6 Å². The van der Waals surface area contributed by atoms with Crippen molar-refractivity contribution in [1.29, 1.82) is 0 Å². The molecule has 14 nitrogen and oxygen atoms in total. The predicted octanol–water partition coefficient (Wildman–Crippen LogP) is 7.72. The number of hydrogen-bond donors (Lipinski definition) is 3. The Morgan fingerprint density at radius 1 is 0.953 bits per heavy atom. The molecule has 3 aliphatic carbocycles. The first-order valence-electron chi connectivity index (χ1n) is 23.0. The third-order valence-electron chi connectivity index (χ3n) is 14.0. The number of furan rings is 1. The Labute approximate surface area is 374 Å². The molecule has 9 rings (SSSR count). The van der Waals surface area contributed by atoms with Gasteiger partial charge in [-0.1, -0.05) is 82.2 Å². The Bertz CT molecular complexity index is 2610. The summed E-state index contributed by atoms with van der Waals surface area (Å²) in [5.74, 6) is -1.95. The number of carbonyl (C=O) groups is 4. The predicted molar refractivity (Wildman–Crippen MR) is 242 cm³/mol. The van der Waals surface area contributed by atoms with Gasteiger partial charge in [0.15, 0.2) is 11.3 Å². The lowest BCUT2D eigenvalue weighted by molar-refractivity contribution is -0.141. The summed E-state index contributed by atoms with van der Waals surface area (Å²) in [5.41, 5.74) is 2.74. The number of rotatable bonds is 8. The maximum Gasteiger partial charge on any atom is 0.408 e. The van der Waals surface area contributed by atoms with Gasteiger partial charge >= 0.3 is 6.09 Å². The minimum absolute atomic E-state index is 0.0261. The largest absolute Gasteiger partial charge is 0.484 e. The first-order valence-corrected chi connectivity index (χ1v) is 24.4. The Hall–Kier alpha value is -5.44. The van der Waals surface area contributed by atoms with Gasteiger partial charge in [0.05, 0.1) is 17.0 Å². The van der Waals surface area contributed by atoms with Gasteiger partial charge in [0, 0.05) is 29.4 Å². The highest BCUT2D eigenvalue weighted by atomic mass is 32.2. The van der Waals surface area contributed by atoms with Crippen LogP contribution in [0, 0.1) is 5.92 Å². The van der Waals surface area contributed by atoms with Crippen LogP contribution in [0.25, 0.3) is 33.3 Å². The Balaban J connectivity index is 1.06. The number of ether oxygens (including phenoxy) is 2. The fourth-order valence-corrected chi connectivity index (χ4v) is 10.8. The molecule has 2 aromatic carbocycles. The molecule has 15 heteroatoms. The summed E-state index contributed by atoms with van der Waals surface area (Å²) in [6, 6.07) is 15.5. The molecule has 2 aliphatic heterocycles. The van der Waals surface area contributed by atoms with Crippen LogP contribution in [0.2, 0.25) is 0 Å². The van der Waals surface area contributed by atoms with Gasteiger partial charge in [-0.05, 0) is 94.2 Å². The number of carbonyl (C=O) groups excluding carboxylic acids is 4. The summed E-state index contributed by atoms with van der Waals surface area (Å²) in [6.45, 7) is 8.05. The van der Waals surface area contributed by atoms with E-state index in [2.05, 4.69) is 48.3 Å². The van der Waals surface area contributed by atoms with Crippen molar-refractivity contribution in [3.63, 3.8) is 0 Å². The quantitative estimate of drug-likeness (QED) is 0.148. The molecule has 4 fully saturated rings. The van der Waals surface area contributed by atoms with E-state index in [1.54, 1.807) is 6.92 Å². The fourth-order valence-electron chi connectivity index (χ4n) is 9.49. The first-order chi connectivity index (χ1) is 30.5. The molecule has 64 heavy (non-hydrogen) atoms. The standard InChI is InChI=1S/C49H59N5O9S/c1-47(2,3)31-22-20-30(21-23-31)37-27-40(42-41(50-37)35-17-12-13-19-39(35)63-42)61-34-26-38-43(55)52-49(45(57)53-64(59,60)48(4)24-25-48)28-32(49)14-8-6-5-7-9-18-36(44(56)54(38)29-34)51-46(58)62-33-15-10-11-16-33/h8,12-14,17,19-23,27,32-34,36,38H,5-7,9-11,15-16,18,24-26,28-29H2,1-4H3,(H,51,58)(H,52,55)(H,53,57)/t32-,34-,36+,38+,49-/m1/s1. The number of pyridine rings is 1. The number of amides is 4. The molecule has 340 valence electrons. The third-order valence-corrected chi connectivity index (χ3v) is 16.1. The summed E-state index contributed by atoms with van der Waals surface area (Å²) in [4.78, 5) is 63.5. The number of benzene rings is 2. The molecule has 0 bridgehead atoms. The molecule has 2 aromatic heterocycles. The number of nitrogens with one attached hydrogen (secondary N) is 3. The summed E-state index contributed by atoms with van der Waals surface area (Å²) in [5, 5.41) is 6.60. The molecule has 0 unspecified atom stereocenters. The van der Waals surface area contributed by atoms with Crippen LogP contribution in [0.15, 0.2) is 71.2 Å². The van der Waals surface area contributed by atoms with Gasteiger partial charge in [0.2, 0.25) is 21.8 Å². The Morgan fingerprint density at radius 3 is 2.42 bits per heavy atom. The molecular formula is C49H59N5O9S. The molecule has 4 amide bonds. The maximum atomic E-state index is 14.9. The van der Waals surface area contributed by atoms with Crippen LogP contribution in [-0.2, 0) is 34.6 Å². The molecule has 4 heterocycles. The van der Waals surface area contributed by atoms with E-state index < -0.39 is 68.2 Å². The number of nitrogens with zero attached hydrogens (tertiary/aromatic N) is 2. The zero-order chi connectivity index (χ0) is 45.0. The van der Waals surface area contributed by atoms with Gasteiger partial charge < -0.3 is 29.4 Å². The number of para-hydroxylation sites is 1. The number of fused-ring (bicyclic) bond motifs is 5. The lowest BCUT2D eigenvalue weighted by Gasteiger charge is -2.30. The van der Waals surface area contributed by atoms with E-state index in [0.29, 0.717) is 60.2 Å². The lowest BCUT2D eigenvalue weighted by Crippen LogP contribution is -2.58. The molecule has 3 saturated carbocycles. The van der Waals surface area contributed by atoms with Gasteiger partial charge in [-0.2, -0.15) is 0 Å². The topological polar surface area (TPSA) is 186 Å². The van der Waals surface area contributed by atoms with E-state index in [0.717, 1.165) is 49.5 Å². The minimum Gasteiger partial charge on any atom is -0.484 e. The van der Waals surface area contributed by atoms with E-state index in [1.165, 1.54) is 10.5 Å². The second-order valence-corrected chi connectivity index (χ2v) is 22.0. The van der Waals surface area contributed by atoms with E-state index >= 15 is 0 Å². The van der Waals surface area contributed by atoms with Crippen LogP contribution in [0.4, 0.5) is 4.79 Å². The van der Waals surface area contributed by atoms with Gasteiger partial charge in [0.25, 0.3) is 5.91 Å². The number of sulfonamides is 1. The molecule has 0 radical (unpaired) electrons. The van der Waals surface area contributed by atoms with E-state index in [9.17, 15) is 27.6 Å². The van der Waals surface area contributed by atoms with Crippen molar-refractivity contribution in [2.24, 2.45) is 5.92 Å². The summed E-state index contributed by atoms with van der Waals surface area (Å²) < 4.78 is 46.8. The SMILES string of the molecule is CC(C)(C)c1ccc(-c2cc(O[C@@H]3C[C@H]4C(=O)N[C@]5(C(=O)NS(=O)(=O)C6(C)CC6)C[C@H]5C=CCCCCC[C@H](NC(=O)OC5CCCC5)C(=O)N4C3)c3oc4ccccc4c3n2)cc1. The van der Waals surface area contributed by atoms with E-state index in [4.69, 9.17) is 18.9 Å². The average Bonchev–Trinajstić information content (AvgIpc) is 3.92. The van der Waals surface area contributed by atoms with Crippen molar-refractivity contribution in [2.45, 2.75) is 151 Å². The normalized spacial score (nSPS) is 26.3. The van der Waals surface area contributed by atoms with Crippen molar-refractivity contribution in [3.05, 3.63) is 72.3 Å². The summed E-state index contributed by atoms with van der Waals surface area (Å²) in [6.07, 6.45) is 10.00. The van der Waals surface area contributed by atoms with Crippen LogP contribution in [0.3, 0.4) is 0 Å². The minimum atomic E-state index is -4.01. The number of hydrogen-bond acceptors (Lipinski definition) is 10. The highest BCUT2D eigenvalue weighted by Crippen LogP contribution is 2.48. The zero-order valence-corrected chi connectivity index (χ0v) is 37.9. The van der Waals surface area contributed by atoms with Crippen molar-refractivity contribution in [1.82, 2.24) is 25.2 Å². The van der Waals surface area contributed by atoms with Gasteiger partial charge in [-0.25, -0.2) is 18.2 Å². The number of aromatic nitrogens is 1. The van der Waals surface area contributed by atoms with E-state index in [-0.39, 0.29) is 30.9 Å². The second kappa shape index (κ2) is 16.8. The van der Waals surface area contributed by atoms with Crippen LogP contribution < -0.4 is 20.1 Å². The molecule has 4 aromatic rings. The van der Waals surface area contributed by atoms with Gasteiger partial charge in [-0.15, -0.1) is 0 Å². The monoisotopic (exact) mass is 893 g/mol. The first kappa shape index (κ1) is 43.8. The molecule has 5 atom stereocenters. The highest BCUT2D eigenvalue weighted by molar-refractivity contribution is 7.91. The Morgan fingerprint density at radius 2 is 1.69 bits per heavy atom. The summed E-state index contributed by atoms with van der Waals surface area (Å²) >= 11 is 0. The van der Waals surface area contributed by atoms with Crippen molar-refractivity contribution in [2.75, 3.05) is 6.54 Å². The fraction of sp³-hybridized carbons (Fsp3) is 0.531. The van der Waals surface area contributed by atoms with Crippen LogP contribution in [0.5, 0.6) is 5.75 Å². The van der Waals surface area contributed by atoms with Crippen LogP contribution >= 0.6 is 0 Å². The number of allylic oxidation sites excluding steroid dienone is 1. The van der Waals surface area contributed by atoms with Crippen molar-refractivity contribution < 1.29 is 41.5 Å². The lowest BCUT2D eigenvalue weighted by atomic mass is 9.86. The molecule has 1 saturated heterocycles. The van der Waals surface area contributed by atoms with Gasteiger partial charge in [0.1, 0.15) is 40.9 Å². The zero-order valence-electron chi connectivity index (χ0n) is 37.1. The Kier molecular flexibility index (Phi) is 11.5. The second-order valence-electron chi connectivity index (χ2n) is 19.8. The molecular weight excluding hydrogens is 835 g/mol. The average molecular weight is 894 g/mol. The maximum absolute atomic E-state index is 14.9. The van der Waals surface area contributed by atoms with Crippen molar-refractivity contribution in [3.8, 4) is 17.0 Å². The molecule has 5 aliphatic rings. The van der Waals surface area contributed by atoms with Crippen LogP contribution in [-0.4, -0.2) is 83.2 Å². The molecule has 3 N–H and O–H groups in total. The van der Waals surface area contributed by atoms with Crippen LogP contribution in [0.1, 0.15) is 117 Å². The number of alkyl carbamates (subject to hydrolysis) is 1.